The fourth-order valence-electron chi connectivity index (χ4n) is 1.89. The first-order valence-electron chi connectivity index (χ1n) is 5.70. The second-order valence-corrected chi connectivity index (χ2v) is 4.14. The van der Waals surface area contributed by atoms with Crippen molar-refractivity contribution in [2.24, 2.45) is 0 Å². The van der Waals surface area contributed by atoms with Crippen molar-refractivity contribution in [3.63, 3.8) is 0 Å². The van der Waals surface area contributed by atoms with Crippen molar-refractivity contribution in [3.05, 3.63) is 48.0 Å². The molecule has 3 aromatic rings. The molecule has 0 aliphatic rings. The number of benzene rings is 2. The summed E-state index contributed by atoms with van der Waals surface area (Å²) in [6, 6.07) is 13.4. The van der Waals surface area contributed by atoms with Gasteiger partial charge >= 0.3 is 0 Å². The number of para-hydroxylation sites is 1. The van der Waals surface area contributed by atoms with Crippen LogP contribution in [0.3, 0.4) is 0 Å². The third-order valence-corrected chi connectivity index (χ3v) is 2.98. The van der Waals surface area contributed by atoms with Crippen LogP contribution in [0.4, 0.5) is 5.69 Å². The fraction of sp³-hybridized carbons (Fsp3) is 0.0714. The first-order chi connectivity index (χ1) is 8.75. The van der Waals surface area contributed by atoms with E-state index in [0.29, 0.717) is 5.82 Å². The predicted molar refractivity (Wildman–Crippen MR) is 71.9 cm³/mol. The summed E-state index contributed by atoms with van der Waals surface area (Å²) in [4.78, 5) is 4.52. The molecule has 0 atom stereocenters. The molecule has 0 saturated carbocycles. The molecule has 88 valence electrons. The van der Waals surface area contributed by atoms with Gasteiger partial charge in [0, 0.05) is 11.3 Å². The van der Waals surface area contributed by atoms with Crippen molar-refractivity contribution in [1.29, 1.82) is 0 Å². The fourth-order valence-corrected chi connectivity index (χ4v) is 1.89. The molecule has 0 amide bonds. The number of nitrogen functional groups attached to an aromatic ring is 1. The Morgan fingerprint density at radius 3 is 2.50 bits per heavy atom. The monoisotopic (exact) mass is 236 g/mol. The summed E-state index contributed by atoms with van der Waals surface area (Å²) in [5.41, 5.74) is 10.2. The molecule has 1 aromatic heterocycles. The molecule has 1 heterocycles. The van der Waals surface area contributed by atoms with E-state index >= 15 is 0 Å². The third kappa shape index (κ3) is 1.68. The minimum absolute atomic E-state index is 0.610. The number of hydrogen-bond acceptors (Lipinski definition) is 4. The Kier molecular flexibility index (Phi) is 2.41. The van der Waals surface area contributed by atoms with E-state index in [1.807, 2.05) is 49.4 Å². The summed E-state index contributed by atoms with van der Waals surface area (Å²) in [5, 5.41) is 8.34. The molecule has 0 aliphatic carbocycles. The molecule has 0 radical (unpaired) electrons. The van der Waals surface area contributed by atoms with E-state index in [9.17, 15) is 0 Å². The summed E-state index contributed by atoms with van der Waals surface area (Å²) in [5.74, 6) is 0.610. The van der Waals surface area contributed by atoms with Crippen LogP contribution in [0.15, 0.2) is 42.5 Å². The zero-order chi connectivity index (χ0) is 12.5. The summed E-state index contributed by atoms with van der Waals surface area (Å²) in [6.45, 7) is 1.96. The molecule has 0 aliphatic heterocycles. The van der Waals surface area contributed by atoms with Crippen LogP contribution in [0.25, 0.3) is 22.4 Å². The van der Waals surface area contributed by atoms with E-state index in [4.69, 9.17) is 5.73 Å². The van der Waals surface area contributed by atoms with Crippen LogP contribution in [0.5, 0.6) is 0 Å². The Balaban J connectivity index is 2.22. The lowest BCUT2D eigenvalue weighted by atomic mass is 10.1. The summed E-state index contributed by atoms with van der Waals surface area (Å²) in [7, 11) is 0. The molecule has 0 saturated heterocycles. The van der Waals surface area contributed by atoms with Gasteiger partial charge in [0.15, 0.2) is 5.82 Å². The molecule has 3 rings (SSSR count). The van der Waals surface area contributed by atoms with Gasteiger partial charge in [-0.3, -0.25) is 0 Å². The molecule has 0 bridgehead atoms. The van der Waals surface area contributed by atoms with Gasteiger partial charge in [-0.15, -0.1) is 10.2 Å². The Labute approximate surface area is 105 Å². The highest BCUT2D eigenvalue weighted by Crippen LogP contribution is 2.24. The van der Waals surface area contributed by atoms with Crippen LogP contribution >= 0.6 is 0 Å². The van der Waals surface area contributed by atoms with Crippen LogP contribution < -0.4 is 5.73 Å². The van der Waals surface area contributed by atoms with E-state index in [2.05, 4.69) is 15.2 Å². The molecule has 2 N–H and O–H groups in total. The quantitative estimate of drug-likeness (QED) is 0.659. The zero-order valence-corrected chi connectivity index (χ0v) is 9.96. The smallest absolute Gasteiger partial charge is 0.182 e. The standard InChI is InChI=1S/C14H12N4/c1-9-10(5-4-6-11(9)15)14-16-12-7-2-3-8-13(12)17-18-14/h2-8H,15H2,1H3. The van der Waals surface area contributed by atoms with Crippen molar-refractivity contribution in [2.75, 3.05) is 5.73 Å². The van der Waals surface area contributed by atoms with Gasteiger partial charge < -0.3 is 5.73 Å². The average Bonchev–Trinajstić information content (AvgIpc) is 2.41. The minimum atomic E-state index is 0.610. The topological polar surface area (TPSA) is 64.7 Å². The number of rotatable bonds is 1. The zero-order valence-electron chi connectivity index (χ0n) is 9.96. The maximum absolute atomic E-state index is 5.89. The predicted octanol–water partition coefficient (Wildman–Crippen LogP) is 2.58. The van der Waals surface area contributed by atoms with Gasteiger partial charge in [-0.1, -0.05) is 24.3 Å². The largest absolute Gasteiger partial charge is 0.398 e. The highest BCUT2D eigenvalue weighted by atomic mass is 15.1. The van der Waals surface area contributed by atoms with Gasteiger partial charge in [-0.25, -0.2) is 4.98 Å². The van der Waals surface area contributed by atoms with Gasteiger partial charge in [0.2, 0.25) is 0 Å². The van der Waals surface area contributed by atoms with Gasteiger partial charge in [0.05, 0.1) is 5.52 Å². The van der Waals surface area contributed by atoms with E-state index in [1.54, 1.807) is 0 Å². The molecule has 0 spiro atoms. The molecular weight excluding hydrogens is 224 g/mol. The lowest BCUT2D eigenvalue weighted by Crippen LogP contribution is -1.97. The Morgan fingerprint density at radius 1 is 0.889 bits per heavy atom. The van der Waals surface area contributed by atoms with Gasteiger partial charge in [0.1, 0.15) is 5.52 Å². The maximum Gasteiger partial charge on any atom is 0.182 e. The van der Waals surface area contributed by atoms with E-state index in [-0.39, 0.29) is 0 Å². The number of nitrogens with two attached hydrogens (primary N) is 1. The van der Waals surface area contributed by atoms with Gasteiger partial charge in [-0.05, 0) is 30.7 Å². The molecule has 4 heteroatoms. The first-order valence-corrected chi connectivity index (χ1v) is 5.70. The van der Waals surface area contributed by atoms with E-state index in [0.717, 1.165) is 27.8 Å². The number of aromatic nitrogens is 3. The van der Waals surface area contributed by atoms with Crippen molar-refractivity contribution in [2.45, 2.75) is 6.92 Å². The summed E-state index contributed by atoms with van der Waals surface area (Å²) >= 11 is 0. The van der Waals surface area contributed by atoms with Crippen LogP contribution in [0.1, 0.15) is 5.56 Å². The van der Waals surface area contributed by atoms with Crippen molar-refractivity contribution >= 4 is 16.7 Å². The van der Waals surface area contributed by atoms with Gasteiger partial charge in [-0.2, -0.15) is 0 Å². The number of hydrogen-bond donors (Lipinski definition) is 1. The molecule has 2 aromatic carbocycles. The second-order valence-electron chi connectivity index (χ2n) is 4.14. The van der Waals surface area contributed by atoms with Crippen LogP contribution in [0, 0.1) is 6.92 Å². The molecule has 4 nitrogen and oxygen atoms in total. The van der Waals surface area contributed by atoms with Crippen LogP contribution in [-0.4, -0.2) is 15.2 Å². The first kappa shape index (κ1) is 10.7. The van der Waals surface area contributed by atoms with E-state index < -0.39 is 0 Å². The minimum Gasteiger partial charge on any atom is -0.398 e. The summed E-state index contributed by atoms with van der Waals surface area (Å²) < 4.78 is 0. The Hall–Kier alpha value is -2.49. The lowest BCUT2D eigenvalue weighted by Gasteiger charge is -2.06. The average molecular weight is 236 g/mol. The summed E-state index contributed by atoms with van der Waals surface area (Å²) in [6.07, 6.45) is 0. The highest BCUT2D eigenvalue weighted by molar-refractivity contribution is 5.76. The van der Waals surface area contributed by atoms with Crippen LogP contribution in [-0.2, 0) is 0 Å². The van der Waals surface area contributed by atoms with Crippen molar-refractivity contribution in [3.8, 4) is 11.4 Å². The van der Waals surface area contributed by atoms with E-state index in [1.165, 1.54) is 0 Å². The normalized spacial score (nSPS) is 10.7. The molecule has 0 fully saturated rings. The Morgan fingerprint density at radius 2 is 1.67 bits per heavy atom. The van der Waals surface area contributed by atoms with Crippen molar-refractivity contribution < 1.29 is 0 Å². The molecule has 18 heavy (non-hydrogen) atoms. The number of nitrogens with zero attached hydrogens (tertiary/aromatic N) is 3. The molecule has 0 unspecified atom stereocenters. The lowest BCUT2D eigenvalue weighted by molar-refractivity contribution is 1.03. The highest BCUT2D eigenvalue weighted by Gasteiger charge is 2.08. The van der Waals surface area contributed by atoms with Gasteiger partial charge in [0.25, 0.3) is 0 Å². The second kappa shape index (κ2) is 4.07. The number of fused-ring (bicyclic) bond motifs is 1. The number of anilines is 1. The van der Waals surface area contributed by atoms with Crippen LogP contribution in [0.2, 0.25) is 0 Å². The third-order valence-electron chi connectivity index (χ3n) is 2.98. The Bertz CT molecular complexity index is 722. The SMILES string of the molecule is Cc1c(N)cccc1-c1nnc2ccccc2n1. The van der Waals surface area contributed by atoms with Crippen molar-refractivity contribution in [1.82, 2.24) is 15.2 Å². The molecular formula is C14H12N4. The maximum atomic E-state index is 5.89.